The van der Waals surface area contributed by atoms with Gasteiger partial charge in [0.25, 0.3) is 0 Å². The molecule has 1 saturated carbocycles. The lowest BCUT2D eigenvalue weighted by Gasteiger charge is -2.30. The van der Waals surface area contributed by atoms with Gasteiger partial charge in [0, 0.05) is 19.0 Å². The van der Waals surface area contributed by atoms with Gasteiger partial charge in [-0.05, 0) is 49.8 Å². The molecule has 2 fully saturated rings. The molecule has 1 saturated heterocycles. The molecule has 1 aliphatic carbocycles. The van der Waals surface area contributed by atoms with Crippen molar-refractivity contribution < 1.29 is 12.8 Å². The number of hydrogen-bond acceptors (Lipinski definition) is 5. The molecule has 0 bridgehead atoms. The maximum absolute atomic E-state index is 13.1. The molecule has 1 atom stereocenters. The summed E-state index contributed by atoms with van der Waals surface area (Å²) in [5.41, 5.74) is 1.14. The number of benzene rings is 1. The normalized spacial score (nSPS) is 22.4. The van der Waals surface area contributed by atoms with Gasteiger partial charge in [0.1, 0.15) is 0 Å². The molecule has 0 radical (unpaired) electrons. The van der Waals surface area contributed by atoms with E-state index in [9.17, 15) is 8.42 Å². The molecule has 1 unspecified atom stereocenters. The van der Waals surface area contributed by atoms with Crippen molar-refractivity contribution in [2.45, 2.75) is 75.0 Å². The Morgan fingerprint density at radius 2 is 1.61 bits per heavy atom. The second-order valence-electron chi connectivity index (χ2n) is 8.01. The van der Waals surface area contributed by atoms with E-state index in [4.69, 9.17) is 4.42 Å². The Morgan fingerprint density at radius 3 is 2.29 bits per heavy atom. The van der Waals surface area contributed by atoms with Crippen LogP contribution in [0.25, 0.3) is 0 Å². The zero-order valence-electron chi connectivity index (χ0n) is 16.5. The maximum atomic E-state index is 13.1. The minimum atomic E-state index is -3.50. The Morgan fingerprint density at radius 1 is 0.964 bits per heavy atom. The van der Waals surface area contributed by atoms with Crippen LogP contribution in [-0.2, 0) is 16.4 Å². The SMILES string of the molecule is CCc1ccc(S(=O)(=O)N2CCCC(c3nnc(C4CCCCC4)o3)C2)cc1. The van der Waals surface area contributed by atoms with Crippen LogP contribution in [0.15, 0.2) is 33.6 Å². The molecule has 2 aromatic rings. The van der Waals surface area contributed by atoms with Crippen molar-refractivity contribution in [3.05, 3.63) is 41.6 Å². The van der Waals surface area contributed by atoms with E-state index in [0.29, 0.717) is 29.8 Å². The van der Waals surface area contributed by atoms with Gasteiger partial charge in [0.05, 0.1) is 10.8 Å². The molecular formula is C21H29N3O3S. The highest BCUT2D eigenvalue weighted by Gasteiger charge is 2.33. The van der Waals surface area contributed by atoms with Crippen molar-refractivity contribution in [1.29, 1.82) is 0 Å². The summed E-state index contributed by atoms with van der Waals surface area (Å²) in [6, 6.07) is 7.21. The summed E-state index contributed by atoms with van der Waals surface area (Å²) in [4.78, 5) is 0.360. The second kappa shape index (κ2) is 8.33. The molecule has 0 spiro atoms. The van der Waals surface area contributed by atoms with Gasteiger partial charge < -0.3 is 4.42 Å². The van der Waals surface area contributed by atoms with Gasteiger partial charge in [-0.3, -0.25) is 0 Å². The van der Waals surface area contributed by atoms with Crippen molar-refractivity contribution in [3.63, 3.8) is 0 Å². The quantitative estimate of drug-likeness (QED) is 0.746. The van der Waals surface area contributed by atoms with Gasteiger partial charge in [0.2, 0.25) is 21.8 Å². The third-order valence-corrected chi connectivity index (χ3v) is 7.99. The summed E-state index contributed by atoms with van der Waals surface area (Å²) < 4.78 is 33.7. The number of piperidine rings is 1. The first kappa shape index (κ1) is 19.6. The van der Waals surface area contributed by atoms with Crippen LogP contribution in [-0.4, -0.2) is 36.0 Å². The van der Waals surface area contributed by atoms with Crippen LogP contribution in [0.3, 0.4) is 0 Å². The molecule has 2 aliphatic rings. The number of hydrogen-bond donors (Lipinski definition) is 0. The lowest BCUT2D eigenvalue weighted by atomic mass is 9.89. The van der Waals surface area contributed by atoms with Crippen LogP contribution in [0.1, 0.15) is 81.1 Å². The predicted octanol–water partition coefficient (Wildman–Crippen LogP) is 4.25. The zero-order valence-corrected chi connectivity index (χ0v) is 17.3. The summed E-state index contributed by atoms with van der Waals surface area (Å²) in [7, 11) is -3.50. The van der Waals surface area contributed by atoms with E-state index < -0.39 is 10.0 Å². The lowest BCUT2D eigenvalue weighted by Crippen LogP contribution is -2.39. The topological polar surface area (TPSA) is 76.3 Å². The highest BCUT2D eigenvalue weighted by atomic mass is 32.2. The van der Waals surface area contributed by atoms with Crippen LogP contribution in [0, 0.1) is 0 Å². The monoisotopic (exact) mass is 403 g/mol. The molecule has 7 heteroatoms. The lowest BCUT2D eigenvalue weighted by molar-refractivity contribution is 0.273. The van der Waals surface area contributed by atoms with Crippen molar-refractivity contribution >= 4 is 10.0 Å². The number of nitrogens with zero attached hydrogens (tertiary/aromatic N) is 3. The molecule has 1 aliphatic heterocycles. The Labute approximate surface area is 167 Å². The van der Waals surface area contributed by atoms with Gasteiger partial charge in [-0.1, -0.05) is 38.3 Å². The smallest absolute Gasteiger partial charge is 0.243 e. The molecule has 0 amide bonds. The molecule has 1 aromatic carbocycles. The average Bonchev–Trinajstić information content (AvgIpc) is 3.25. The van der Waals surface area contributed by atoms with E-state index >= 15 is 0 Å². The van der Waals surface area contributed by atoms with Crippen molar-refractivity contribution in [3.8, 4) is 0 Å². The van der Waals surface area contributed by atoms with Gasteiger partial charge in [0.15, 0.2) is 0 Å². The van der Waals surface area contributed by atoms with Gasteiger partial charge >= 0.3 is 0 Å². The third kappa shape index (κ3) is 4.01. The van der Waals surface area contributed by atoms with E-state index in [-0.39, 0.29) is 5.92 Å². The summed E-state index contributed by atoms with van der Waals surface area (Å²) in [5, 5.41) is 8.58. The largest absolute Gasteiger partial charge is 0.425 e. The van der Waals surface area contributed by atoms with Crippen molar-refractivity contribution in [1.82, 2.24) is 14.5 Å². The van der Waals surface area contributed by atoms with E-state index in [1.165, 1.54) is 19.3 Å². The summed E-state index contributed by atoms with van der Waals surface area (Å²) >= 11 is 0. The van der Waals surface area contributed by atoms with Crippen molar-refractivity contribution in [2.24, 2.45) is 0 Å². The highest BCUT2D eigenvalue weighted by molar-refractivity contribution is 7.89. The fraction of sp³-hybridized carbons (Fsp3) is 0.619. The van der Waals surface area contributed by atoms with E-state index in [0.717, 1.165) is 43.6 Å². The van der Waals surface area contributed by atoms with Crippen LogP contribution >= 0.6 is 0 Å². The predicted molar refractivity (Wildman–Crippen MR) is 107 cm³/mol. The van der Waals surface area contributed by atoms with Gasteiger partial charge in [-0.15, -0.1) is 10.2 Å². The third-order valence-electron chi connectivity index (χ3n) is 6.11. The Bertz CT molecular complexity index is 886. The zero-order chi connectivity index (χ0) is 19.6. The van der Waals surface area contributed by atoms with Crippen LogP contribution < -0.4 is 0 Å². The number of rotatable bonds is 5. The van der Waals surface area contributed by atoms with E-state index in [2.05, 4.69) is 17.1 Å². The molecule has 28 heavy (non-hydrogen) atoms. The summed E-state index contributed by atoms with van der Waals surface area (Å²) in [5.74, 6) is 1.69. The first-order chi connectivity index (χ1) is 13.6. The highest BCUT2D eigenvalue weighted by Crippen LogP contribution is 2.34. The molecule has 1 aromatic heterocycles. The van der Waals surface area contributed by atoms with Gasteiger partial charge in [-0.25, -0.2) is 8.42 Å². The first-order valence-corrected chi connectivity index (χ1v) is 11.9. The summed E-state index contributed by atoms with van der Waals surface area (Å²) in [6.45, 7) is 3.01. The summed E-state index contributed by atoms with van der Waals surface area (Å²) in [6.07, 6.45) is 8.52. The van der Waals surface area contributed by atoms with Gasteiger partial charge in [-0.2, -0.15) is 4.31 Å². The molecule has 6 nitrogen and oxygen atoms in total. The molecule has 152 valence electrons. The first-order valence-electron chi connectivity index (χ1n) is 10.5. The van der Waals surface area contributed by atoms with E-state index in [1.807, 2.05) is 12.1 Å². The molecule has 0 N–H and O–H groups in total. The van der Waals surface area contributed by atoms with Crippen LogP contribution in [0.2, 0.25) is 0 Å². The molecule has 4 rings (SSSR count). The number of sulfonamides is 1. The average molecular weight is 404 g/mol. The van der Waals surface area contributed by atoms with Crippen LogP contribution in [0.4, 0.5) is 0 Å². The number of aryl methyl sites for hydroxylation is 1. The Balaban J connectivity index is 1.48. The number of aromatic nitrogens is 2. The standard InChI is InChI=1S/C21H29N3O3S/c1-2-16-10-12-19(13-11-16)28(25,26)24-14-6-9-18(15-24)21-23-22-20(27-21)17-7-4-3-5-8-17/h10-13,17-18H,2-9,14-15H2,1H3. The fourth-order valence-electron chi connectivity index (χ4n) is 4.33. The fourth-order valence-corrected chi connectivity index (χ4v) is 5.86. The van der Waals surface area contributed by atoms with E-state index in [1.54, 1.807) is 16.4 Å². The molecule has 2 heterocycles. The Kier molecular flexibility index (Phi) is 5.83. The minimum Gasteiger partial charge on any atom is -0.425 e. The van der Waals surface area contributed by atoms with Crippen LogP contribution in [0.5, 0.6) is 0 Å². The second-order valence-corrected chi connectivity index (χ2v) is 9.95. The maximum Gasteiger partial charge on any atom is 0.243 e. The minimum absolute atomic E-state index is 0.0247. The molecular weight excluding hydrogens is 374 g/mol. The van der Waals surface area contributed by atoms with Crippen molar-refractivity contribution in [2.75, 3.05) is 13.1 Å². The Hall–Kier alpha value is -1.73.